The number of hydrogen-bond acceptors (Lipinski definition) is 5. The van der Waals surface area contributed by atoms with E-state index in [0.29, 0.717) is 34.4 Å². The number of carbonyl (C=O) groups excluding carboxylic acids is 2. The number of hydrogen-bond donors (Lipinski definition) is 2. The SMILES string of the molecule is CCCOc1c(Cl)cc(/C=N\NC(=O)C(=O)Nc2ccccc2C)cc1OC. The van der Waals surface area contributed by atoms with Crippen LogP contribution in [0, 0.1) is 6.92 Å². The molecular formula is C20H22ClN3O4. The summed E-state index contributed by atoms with van der Waals surface area (Å²) in [6, 6.07) is 10.4. The van der Waals surface area contributed by atoms with Crippen LogP contribution >= 0.6 is 11.6 Å². The number of nitrogens with one attached hydrogen (secondary N) is 2. The largest absolute Gasteiger partial charge is 0.493 e. The van der Waals surface area contributed by atoms with Gasteiger partial charge in [-0.3, -0.25) is 9.59 Å². The fourth-order valence-electron chi connectivity index (χ4n) is 2.27. The Bertz CT molecular complexity index is 884. The lowest BCUT2D eigenvalue weighted by Crippen LogP contribution is -2.32. The number of benzene rings is 2. The zero-order valence-electron chi connectivity index (χ0n) is 15.9. The highest BCUT2D eigenvalue weighted by atomic mass is 35.5. The van der Waals surface area contributed by atoms with Crippen LogP contribution in [-0.2, 0) is 9.59 Å². The van der Waals surface area contributed by atoms with E-state index in [-0.39, 0.29) is 0 Å². The van der Waals surface area contributed by atoms with E-state index in [4.69, 9.17) is 21.1 Å². The zero-order chi connectivity index (χ0) is 20.5. The molecule has 0 radical (unpaired) electrons. The van der Waals surface area contributed by atoms with Crippen molar-refractivity contribution < 1.29 is 19.1 Å². The Morgan fingerprint density at radius 3 is 2.64 bits per heavy atom. The molecule has 0 spiro atoms. The third-order valence-electron chi connectivity index (χ3n) is 3.68. The summed E-state index contributed by atoms with van der Waals surface area (Å²) in [5.41, 5.74) is 4.16. The molecule has 0 aromatic heterocycles. The lowest BCUT2D eigenvalue weighted by atomic mass is 10.2. The van der Waals surface area contributed by atoms with Gasteiger partial charge in [-0.2, -0.15) is 5.10 Å². The minimum absolute atomic E-state index is 0.359. The van der Waals surface area contributed by atoms with Gasteiger partial charge in [0.15, 0.2) is 11.5 Å². The summed E-state index contributed by atoms with van der Waals surface area (Å²) in [6.45, 7) is 4.33. The minimum Gasteiger partial charge on any atom is -0.493 e. The lowest BCUT2D eigenvalue weighted by Gasteiger charge is -2.12. The van der Waals surface area contributed by atoms with E-state index in [2.05, 4.69) is 15.8 Å². The van der Waals surface area contributed by atoms with Gasteiger partial charge in [0, 0.05) is 5.69 Å². The van der Waals surface area contributed by atoms with Crippen LogP contribution in [-0.4, -0.2) is 31.7 Å². The summed E-state index contributed by atoms with van der Waals surface area (Å²) in [5.74, 6) is -0.804. The molecular weight excluding hydrogens is 382 g/mol. The molecule has 7 nitrogen and oxygen atoms in total. The molecule has 28 heavy (non-hydrogen) atoms. The Morgan fingerprint density at radius 2 is 1.96 bits per heavy atom. The molecule has 0 aliphatic carbocycles. The topological polar surface area (TPSA) is 89.0 Å². The Labute approximate surface area is 168 Å². The van der Waals surface area contributed by atoms with Crippen LogP contribution in [0.1, 0.15) is 24.5 Å². The van der Waals surface area contributed by atoms with Crippen molar-refractivity contribution in [3.63, 3.8) is 0 Å². The number of anilines is 1. The van der Waals surface area contributed by atoms with Gasteiger partial charge in [-0.15, -0.1) is 0 Å². The van der Waals surface area contributed by atoms with E-state index >= 15 is 0 Å². The first-order valence-corrected chi connectivity index (χ1v) is 9.04. The van der Waals surface area contributed by atoms with Crippen molar-refractivity contribution in [2.45, 2.75) is 20.3 Å². The Balaban J connectivity index is 2.01. The van der Waals surface area contributed by atoms with Crippen LogP contribution in [0.15, 0.2) is 41.5 Å². The van der Waals surface area contributed by atoms with E-state index < -0.39 is 11.8 Å². The molecule has 148 valence electrons. The van der Waals surface area contributed by atoms with Gasteiger partial charge in [-0.05, 0) is 42.7 Å². The number of amides is 2. The maximum atomic E-state index is 12.0. The summed E-state index contributed by atoms with van der Waals surface area (Å²) >= 11 is 6.23. The first-order chi connectivity index (χ1) is 13.5. The molecule has 8 heteroatoms. The van der Waals surface area contributed by atoms with Gasteiger partial charge >= 0.3 is 11.8 Å². The maximum absolute atomic E-state index is 12.0. The van der Waals surface area contributed by atoms with Crippen molar-refractivity contribution >= 4 is 35.3 Å². The fourth-order valence-corrected chi connectivity index (χ4v) is 2.54. The van der Waals surface area contributed by atoms with Gasteiger partial charge in [0.05, 0.1) is 25.0 Å². The van der Waals surface area contributed by atoms with Gasteiger partial charge in [0.2, 0.25) is 0 Å². The van der Waals surface area contributed by atoms with Crippen molar-refractivity contribution in [1.82, 2.24) is 5.43 Å². The molecule has 0 aliphatic heterocycles. The third-order valence-corrected chi connectivity index (χ3v) is 3.96. The second kappa shape index (κ2) is 10.3. The van der Waals surface area contributed by atoms with Gasteiger partial charge < -0.3 is 14.8 Å². The molecule has 2 rings (SSSR count). The van der Waals surface area contributed by atoms with Gasteiger partial charge in [-0.25, -0.2) is 5.43 Å². The van der Waals surface area contributed by atoms with E-state index in [1.165, 1.54) is 13.3 Å². The molecule has 2 N–H and O–H groups in total. The van der Waals surface area contributed by atoms with Gasteiger partial charge in [0.25, 0.3) is 0 Å². The highest BCUT2D eigenvalue weighted by Crippen LogP contribution is 2.36. The summed E-state index contributed by atoms with van der Waals surface area (Å²) in [5, 5.41) is 6.68. The molecule has 0 aliphatic rings. The molecule has 0 saturated carbocycles. The Hall–Kier alpha value is -3.06. The van der Waals surface area contributed by atoms with Crippen molar-refractivity contribution in [3.05, 3.63) is 52.5 Å². The van der Waals surface area contributed by atoms with E-state index in [1.807, 2.05) is 26.0 Å². The van der Waals surface area contributed by atoms with Gasteiger partial charge in [-0.1, -0.05) is 36.7 Å². The molecule has 0 fully saturated rings. The van der Waals surface area contributed by atoms with Crippen molar-refractivity contribution in [3.8, 4) is 11.5 Å². The molecule has 0 saturated heterocycles. The fraction of sp³-hybridized carbons (Fsp3) is 0.250. The Kier molecular flexibility index (Phi) is 7.83. The van der Waals surface area contributed by atoms with Crippen molar-refractivity contribution in [2.75, 3.05) is 19.0 Å². The quantitative estimate of drug-likeness (QED) is 0.420. The van der Waals surface area contributed by atoms with Crippen LogP contribution in [0.5, 0.6) is 11.5 Å². The molecule has 2 amide bonds. The molecule has 0 bridgehead atoms. The van der Waals surface area contributed by atoms with Crippen molar-refractivity contribution in [2.24, 2.45) is 5.10 Å². The molecule has 0 unspecified atom stereocenters. The van der Waals surface area contributed by atoms with E-state index in [9.17, 15) is 9.59 Å². The normalized spacial score (nSPS) is 10.6. The zero-order valence-corrected chi connectivity index (χ0v) is 16.7. The number of halogens is 1. The number of nitrogens with zero attached hydrogens (tertiary/aromatic N) is 1. The second-order valence-electron chi connectivity index (χ2n) is 5.85. The van der Waals surface area contributed by atoms with Crippen molar-refractivity contribution in [1.29, 1.82) is 0 Å². The average molecular weight is 404 g/mol. The third kappa shape index (κ3) is 5.72. The molecule has 2 aromatic rings. The second-order valence-corrected chi connectivity index (χ2v) is 6.26. The molecule has 0 heterocycles. The number of aryl methyl sites for hydroxylation is 1. The maximum Gasteiger partial charge on any atom is 0.329 e. The van der Waals surface area contributed by atoms with Crippen LogP contribution in [0.3, 0.4) is 0 Å². The first kappa shape index (κ1) is 21.2. The molecule has 2 aromatic carbocycles. The van der Waals surface area contributed by atoms with Gasteiger partial charge in [0.1, 0.15) is 0 Å². The summed E-state index contributed by atoms with van der Waals surface area (Å²) in [4.78, 5) is 23.9. The highest BCUT2D eigenvalue weighted by Gasteiger charge is 2.14. The number of methoxy groups -OCH3 is 1. The minimum atomic E-state index is -0.888. The van der Waals surface area contributed by atoms with Crippen LogP contribution in [0.4, 0.5) is 5.69 Å². The molecule has 0 atom stereocenters. The number of rotatable bonds is 7. The summed E-state index contributed by atoms with van der Waals surface area (Å²) < 4.78 is 10.9. The number of ether oxygens (including phenoxy) is 2. The number of carbonyl (C=O) groups is 2. The van der Waals surface area contributed by atoms with Crippen LogP contribution < -0.4 is 20.2 Å². The first-order valence-electron chi connectivity index (χ1n) is 8.66. The lowest BCUT2D eigenvalue weighted by molar-refractivity contribution is -0.136. The standard InChI is InChI=1S/C20H22ClN3O4/c1-4-9-28-18-15(21)10-14(11-17(18)27-3)12-22-24-20(26)19(25)23-16-8-6-5-7-13(16)2/h5-8,10-12H,4,9H2,1-3H3,(H,23,25)(H,24,26)/b22-12-. The van der Waals surface area contributed by atoms with Crippen LogP contribution in [0.2, 0.25) is 5.02 Å². The van der Waals surface area contributed by atoms with E-state index in [0.717, 1.165) is 12.0 Å². The summed E-state index contributed by atoms with van der Waals surface area (Å²) in [6.07, 6.45) is 2.19. The number of para-hydroxylation sites is 1. The summed E-state index contributed by atoms with van der Waals surface area (Å²) in [7, 11) is 1.50. The van der Waals surface area contributed by atoms with E-state index in [1.54, 1.807) is 24.3 Å². The van der Waals surface area contributed by atoms with Crippen LogP contribution in [0.25, 0.3) is 0 Å². The highest BCUT2D eigenvalue weighted by molar-refractivity contribution is 6.39. The average Bonchev–Trinajstić information content (AvgIpc) is 2.68. The predicted molar refractivity (Wildman–Crippen MR) is 109 cm³/mol. The predicted octanol–water partition coefficient (Wildman–Crippen LogP) is 3.53. The Morgan fingerprint density at radius 1 is 1.21 bits per heavy atom. The number of hydrazone groups is 1. The smallest absolute Gasteiger partial charge is 0.329 e. The monoisotopic (exact) mass is 403 g/mol.